The average Bonchev–Trinajstić information content (AvgIpc) is 2.17. The molecule has 94 valence electrons. The summed E-state index contributed by atoms with van der Waals surface area (Å²) in [6.07, 6.45) is 7.03. The fourth-order valence-corrected chi connectivity index (χ4v) is 2.68. The van der Waals surface area contributed by atoms with Gasteiger partial charge in [0.15, 0.2) is 0 Å². The van der Waals surface area contributed by atoms with E-state index in [9.17, 15) is 8.42 Å². The van der Waals surface area contributed by atoms with Crippen molar-refractivity contribution in [3.8, 4) is 0 Å². The molecule has 0 spiro atoms. The molecule has 1 rings (SSSR count). The summed E-state index contributed by atoms with van der Waals surface area (Å²) in [6, 6.07) is -0.0298. The molecule has 1 N–H and O–H groups in total. The number of allylic oxidation sites excluding steroid dienone is 1. The summed E-state index contributed by atoms with van der Waals surface area (Å²) in [4.78, 5) is 0. The minimum atomic E-state index is -3.20. The number of ether oxygens (including phenoxy) is 1. The topological polar surface area (TPSA) is 55.4 Å². The van der Waals surface area contributed by atoms with Crippen LogP contribution in [0.2, 0.25) is 0 Å². The first-order valence-corrected chi connectivity index (χ1v) is 7.43. The second-order valence-corrected chi connectivity index (χ2v) is 6.20. The lowest BCUT2D eigenvalue weighted by Crippen LogP contribution is -2.37. The van der Waals surface area contributed by atoms with E-state index in [1.165, 1.54) is 0 Å². The summed E-state index contributed by atoms with van der Waals surface area (Å²) in [5.41, 5.74) is 0. The van der Waals surface area contributed by atoms with E-state index in [1.807, 2.05) is 26.0 Å². The van der Waals surface area contributed by atoms with Gasteiger partial charge in [0.2, 0.25) is 10.0 Å². The van der Waals surface area contributed by atoms with E-state index in [4.69, 9.17) is 4.74 Å². The molecule has 0 fully saturated rings. The van der Waals surface area contributed by atoms with Gasteiger partial charge in [-0.15, -0.1) is 0 Å². The predicted octanol–water partition coefficient (Wildman–Crippen LogP) is 1.44. The fourth-order valence-electron chi connectivity index (χ4n) is 1.59. The summed E-state index contributed by atoms with van der Waals surface area (Å²) in [5, 5.41) is 0. The van der Waals surface area contributed by atoms with Crippen molar-refractivity contribution in [3.05, 3.63) is 12.2 Å². The maximum absolute atomic E-state index is 11.7. The minimum Gasteiger partial charge on any atom is -0.378 e. The van der Waals surface area contributed by atoms with Gasteiger partial charge in [0.1, 0.15) is 0 Å². The van der Waals surface area contributed by atoms with E-state index >= 15 is 0 Å². The normalized spacial score (nSPS) is 21.6. The van der Waals surface area contributed by atoms with Crippen LogP contribution in [0.1, 0.15) is 33.1 Å². The molecule has 0 aromatic rings. The summed E-state index contributed by atoms with van der Waals surface area (Å²) >= 11 is 0. The number of rotatable bonds is 6. The Labute approximate surface area is 98.1 Å². The van der Waals surface area contributed by atoms with Crippen molar-refractivity contribution in [3.63, 3.8) is 0 Å². The zero-order valence-corrected chi connectivity index (χ0v) is 10.8. The summed E-state index contributed by atoms with van der Waals surface area (Å²) < 4.78 is 31.2. The molecule has 0 heterocycles. The Morgan fingerprint density at radius 3 is 2.81 bits per heavy atom. The first-order valence-electron chi connectivity index (χ1n) is 5.78. The molecule has 16 heavy (non-hydrogen) atoms. The second-order valence-electron chi connectivity index (χ2n) is 4.32. The summed E-state index contributed by atoms with van der Waals surface area (Å²) in [5.74, 6) is 0.0372. The van der Waals surface area contributed by atoms with Gasteiger partial charge in [0, 0.05) is 6.04 Å². The summed E-state index contributed by atoms with van der Waals surface area (Å²) in [7, 11) is -3.20. The van der Waals surface area contributed by atoms with Crippen LogP contribution in [0.3, 0.4) is 0 Å². The van der Waals surface area contributed by atoms with Crippen LogP contribution in [-0.2, 0) is 14.8 Å². The van der Waals surface area contributed by atoms with Crippen LogP contribution in [-0.4, -0.2) is 32.9 Å². The maximum Gasteiger partial charge on any atom is 0.214 e. The maximum atomic E-state index is 11.7. The molecule has 1 aliphatic carbocycles. The molecule has 0 saturated carbocycles. The van der Waals surface area contributed by atoms with Crippen molar-refractivity contribution < 1.29 is 13.2 Å². The van der Waals surface area contributed by atoms with Gasteiger partial charge in [-0.3, -0.25) is 0 Å². The minimum absolute atomic E-state index is 0.0298. The molecule has 1 atom stereocenters. The molecule has 0 bridgehead atoms. The Balaban J connectivity index is 2.33. The van der Waals surface area contributed by atoms with Crippen LogP contribution in [0.5, 0.6) is 0 Å². The highest BCUT2D eigenvalue weighted by molar-refractivity contribution is 7.89. The van der Waals surface area contributed by atoms with Crippen molar-refractivity contribution in [2.24, 2.45) is 0 Å². The van der Waals surface area contributed by atoms with Gasteiger partial charge in [-0.05, 0) is 33.1 Å². The standard InChI is InChI=1S/C11H21NO3S/c1-10(2)15-8-9-16(13,14)12-11-6-4-3-5-7-11/h4,6,10-12H,3,5,7-9H2,1-2H3. The lowest BCUT2D eigenvalue weighted by molar-refractivity contribution is 0.0911. The highest BCUT2D eigenvalue weighted by Gasteiger charge is 2.17. The highest BCUT2D eigenvalue weighted by Crippen LogP contribution is 2.11. The molecule has 0 amide bonds. The molecule has 1 unspecified atom stereocenters. The third-order valence-electron chi connectivity index (χ3n) is 2.39. The van der Waals surface area contributed by atoms with Crippen LogP contribution >= 0.6 is 0 Å². The molecule has 0 aliphatic heterocycles. The van der Waals surface area contributed by atoms with Crippen molar-refractivity contribution in [1.29, 1.82) is 0 Å². The first-order chi connectivity index (χ1) is 7.49. The summed E-state index contributed by atoms with van der Waals surface area (Å²) in [6.45, 7) is 4.04. The number of nitrogens with one attached hydrogen (secondary N) is 1. The van der Waals surface area contributed by atoms with Crippen molar-refractivity contribution >= 4 is 10.0 Å². The Kier molecular flexibility index (Phi) is 5.44. The Morgan fingerprint density at radius 2 is 2.25 bits per heavy atom. The zero-order chi connectivity index (χ0) is 12.0. The van der Waals surface area contributed by atoms with Crippen molar-refractivity contribution in [1.82, 2.24) is 4.72 Å². The number of sulfonamides is 1. The molecule has 5 heteroatoms. The van der Waals surface area contributed by atoms with E-state index in [-0.39, 0.29) is 24.5 Å². The molecule has 0 aromatic heterocycles. The van der Waals surface area contributed by atoms with E-state index in [2.05, 4.69) is 4.72 Å². The number of hydrogen-bond acceptors (Lipinski definition) is 3. The van der Waals surface area contributed by atoms with Gasteiger partial charge >= 0.3 is 0 Å². The average molecular weight is 247 g/mol. The number of hydrogen-bond donors (Lipinski definition) is 1. The molecule has 0 saturated heterocycles. The van der Waals surface area contributed by atoms with Gasteiger partial charge in [-0.1, -0.05) is 12.2 Å². The van der Waals surface area contributed by atoms with E-state index in [0.29, 0.717) is 0 Å². The van der Waals surface area contributed by atoms with Gasteiger partial charge in [0.25, 0.3) is 0 Å². The van der Waals surface area contributed by atoms with Crippen LogP contribution < -0.4 is 4.72 Å². The molecule has 0 radical (unpaired) electrons. The van der Waals surface area contributed by atoms with E-state index < -0.39 is 10.0 Å². The van der Waals surface area contributed by atoms with Gasteiger partial charge in [-0.25, -0.2) is 13.1 Å². The van der Waals surface area contributed by atoms with Gasteiger partial charge < -0.3 is 4.74 Å². The molecular weight excluding hydrogens is 226 g/mol. The quantitative estimate of drug-likeness (QED) is 0.723. The molecule has 4 nitrogen and oxygen atoms in total. The van der Waals surface area contributed by atoms with Crippen LogP contribution in [0.4, 0.5) is 0 Å². The first kappa shape index (κ1) is 13.7. The van der Waals surface area contributed by atoms with Crippen LogP contribution in [0.25, 0.3) is 0 Å². The smallest absolute Gasteiger partial charge is 0.214 e. The Hall–Kier alpha value is -0.390. The van der Waals surface area contributed by atoms with Gasteiger partial charge in [0.05, 0.1) is 18.5 Å². The molecular formula is C11H21NO3S. The lowest BCUT2D eigenvalue weighted by atomic mass is 10.0. The van der Waals surface area contributed by atoms with Crippen LogP contribution in [0.15, 0.2) is 12.2 Å². The van der Waals surface area contributed by atoms with Crippen molar-refractivity contribution in [2.45, 2.75) is 45.3 Å². The Bertz CT molecular complexity index is 322. The second kappa shape index (κ2) is 6.37. The largest absolute Gasteiger partial charge is 0.378 e. The van der Waals surface area contributed by atoms with Crippen molar-refractivity contribution in [2.75, 3.05) is 12.4 Å². The third-order valence-corrected chi connectivity index (χ3v) is 3.75. The van der Waals surface area contributed by atoms with Crippen LogP contribution in [0, 0.1) is 0 Å². The van der Waals surface area contributed by atoms with E-state index in [1.54, 1.807) is 0 Å². The zero-order valence-electron chi connectivity index (χ0n) is 9.98. The fraction of sp³-hybridized carbons (Fsp3) is 0.818. The monoisotopic (exact) mass is 247 g/mol. The SMILES string of the molecule is CC(C)OCCS(=O)(=O)NC1C=CCCC1. The molecule has 1 aliphatic rings. The molecule has 0 aromatic carbocycles. The van der Waals surface area contributed by atoms with E-state index in [0.717, 1.165) is 19.3 Å². The van der Waals surface area contributed by atoms with Gasteiger partial charge in [-0.2, -0.15) is 0 Å². The predicted molar refractivity (Wildman–Crippen MR) is 64.8 cm³/mol. The lowest BCUT2D eigenvalue weighted by Gasteiger charge is -2.18. The Morgan fingerprint density at radius 1 is 1.50 bits per heavy atom. The highest BCUT2D eigenvalue weighted by atomic mass is 32.2. The third kappa shape index (κ3) is 5.63.